The molecule has 0 spiro atoms. The molecule has 6 heteroatoms. The fourth-order valence-electron chi connectivity index (χ4n) is 2.11. The molecule has 1 atom stereocenters. The first kappa shape index (κ1) is 18.6. The molecule has 4 nitrogen and oxygen atoms in total. The first-order valence-electron chi connectivity index (χ1n) is 7.40. The molecule has 0 saturated heterocycles. The van der Waals surface area contributed by atoms with E-state index in [1.54, 1.807) is 19.1 Å². The van der Waals surface area contributed by atoms with Crippen LogP contribution in [0.3, 0.4) is 0 Å². The van der Waals surface area contributed by atoms with Crippen LogP contribution in [0.4, 0.5) is 0 Å². The molecule has 0 saturated carbocycles. The molecule has 0 bridgehead atoms. The average Bonchev–Trinajstić information content (AvgIpc) is 2.59. The largest absolute Gasteiger partial charge is 0.491 e. The molecule has 0 heterocycles. The van der Waals surface area contributed by atoms with E-state index in [4.69, 9.17) is 32.7 Å². The monoisotopic (exact) mass is 367 g/mol. The summed E-state index contributed by atoms with van der Waals surface area (Å²) in [6, 6.07) is 14.5. The number of benzene rings is 2. The maximum atomic E-state index is 12.2. The van der Waals surface area contributed by atoms with Crippen molar-refractivity contribution in [2.75, 3.05) is 13.7 Å². The van der Waals surface area contributed by atoms with Crippen molar-refractivity contribution < 1.29 is 14.3 Å². The molecular weight excluding hydrogens is 349 g/mol. The summed E-state index contributed by atoms with van der Waals surface area (Å²) < 4.78 is 10.6. The molecule has 0 aliphatic carbocycles. The Hall–Kier alpha value is -1.75. The lowest BCUT2D eigenvalue weighted by atomic mass is 10.0. The van der Waals surface area contributed by atoms with E-state index in [0.717, 1.165) is 5.56 Å². The molecule has 0 radical (unpaired) electrons. The van der Waals surface area contributed by atoms with Gasteiger partial charge in [-0.25, -0.2) is 4.79 Å². The number of nitrogens with one attached hydrogen (secondary N) is 1. The zero-order valence-electron chi connectivity index (χ0n) is 13.5. The number of halogens is 2. The number of para-hydroxylation sites is 1. The Bertz CT molecular complexity index is 694. The highest BCUT2D eigenvalue weighted by Gasteiger charge is 2.35. The second-order valence-corrected chi connectivity index (χ2v) is 6.36. The van der Waals surface area contributed by atoms with Gasteiger partial charge in [0.2, 0.25) is 0 Å². The van der Waals surface area contributed by atoms with Crippen LogP contribution in [-0.2, 0) is 16.1 Å². The van der Waals surface area contributed by atoms with Gasteiger partial charge in [-0.05, 0) is 36.8 Å². The van der Waals surface area contributed by atoms with Crippen molar-refractivity contribution in [3.8, 4) is 5.75 Å². The third kappa shape index (κ3) is 4.87. The molecule has 2 rings (SSSR count). The van der Waals surface area contributed by atoms with Crippen LogP contribution in [-0.4, -0.2) is 25.2 Å². The van der Waals surface area contributed by atoms with Crippen LogP contribution in [0.2, 0.25) is 10.0 Å². The molecule has 1 unspecified atom stereocenters. The molecule has 0 amide bonds. The summed E-state index contributed by atoms with van der Waals surface area (Å²) in [7, 11) is 1.35. The normalized spacial score (nSPS) is 13.2. The Morgan fingerprint density at radius 2 is 1.88 bits per heavy atom. The van der Waals surface area contributed by atoms with Crippen molar-refractivity contribution in [1.82, 2.24) is 5.32 Å². The van der Waals surface area contributed by atoms with Gasteiger partial charge < -0.3 is 9.47 Å². The lowest BCUT2D eigenvalue weighted by Crippen LogP contribution is -2.54. The van der Waals surface area contributed by atoms with Gasteiger partial charge in [-0.3, -0.25) is 5.32 Å². The first-order chi connectivity index (χ1) is 11.4. The second kappa shape index (κ2) is 8.38. The highest BCUT2D eigenvalue weighted by atomic mass is 35.5. The molecule has 24 heavy (non-hydrogen) atoms. The van der Waals surface area contributed by atoms with Crippen molar-refractivity contribution >= 4 is 29.2 Å². The molecule has 0 aliphatic heterocycles. The molecule has 2 aromatic carbocycles. The zero-order valence-corrected chi connectivity index (χ0v) is 15.0. The minimum Gasteiger partial charge on any atom is -0.491 e. The molecule has 1 N–H and O–H groups in total. The van der Waals surface area contributed by atoms with E-state index in [2.05, 4.69) is 5.32 Å². The van der Waals surface area contributed by atoms with Gasteiger partial charge in [0, 0.05) is 16.6 Å². The third-order valence-corrected chi connectivity index (χ3v) is 4.18. The number of rotatable bonds is 7. The number of carbonyl (C=O) groups is 1. The summed E-state index contributed by atoms with van der Waals surface area (Å²) in [6.45, 7) is 2.22. The Morgan fingerprint density at radius 3 is 2.50 bits per heavy atom. The minimum absolute atomic E-state index is 0.120. The number of esters is 1. The average molecular weight is 368 g/mol. The highest BCUT2D eigenvalue weighted by molar-refractivity contribution is 6.35. The Balaban J connectivity index is 2.07. The molecule has 0 aliphatic rings. The van der Waals surface area contributed by atoms with Gasteiger partial charge in [-0.2, -0.15) is 0 Å². The standard InChI is InChI=1S/C18H19Cl2NO3/c1-18(17(22)23-2,12-24-15-6-4-3-5-7-15)21-11-13-8-9-14(19)10-16(13)20/h3-10,21H,11-12H2,1-2H3. The van der Waals surface area contributed by atoms with E-state index >= 15 is 0 Å². The quantitative estimate of drug-likeness (QED) is 0.748. The van der Waals surface area contributed by atoms with Crippen LogP contribution in [0.25, 0.3) is 0 Å². The molecule has 0 aromatic heterocycles. The zero-order chi connectivity index (χ0) is 17.6. The Labute approximate surface area is 151 Å². The first-order valence-corrected chi connectivity index (χ1v) is 8.15. The highest BCUT2D eigenvalue weighted by Crippen LogP contribution is 2.22. The SMILES string of the molecule is COC(=O)C(C)(COc1ccccc1)NCc1ccc(Cl)cc1Cl. The van der Waals surface area contributed by atoms with Gasteiger partial charge in [0.1, 0.15) is 17.9 Å². The summed E-state index contributed by atoms with van der Waals surface area (Å²) in [6.07, 6.45) is 0. The van der Waals surface area contributed by atoms with Gasteiger partial charge in [0.25, 0.3) is 0 Å². The van der Waals surface area contributed by atoms with Gasteiger partial charge in [0.05, 0.1) is 7.11 Å². The number of carbonyl (C=O) groups excluding carboxylic acids is 1. The van der Waals surface area contributed by atoms with Gasteiger partial charge in [0.15, 0.2) is 0 Å². The van der Waals surface area contributed by atoms with Crippen molar-refractivity contribution in [2.45, 2.75) is 19.0 Å². The molecule has 128 valence electrons. The van der Waals surface area contributed by atoms with Gasteiger partial charge in [-0.1, -0.05) is 47.5 Å². The summed E-state index contributed by atoms with van der Waals surface area (Å²) in [5.41, 5.74) is -0.191. The third-order valence-electron chi connectivity index (χ3n) is 3.59. The van der Waals surface area contributed by atoms with Crippen LogP contribution < -0.4 is 10.1 Å². The lowest BCUT2D eigenvalue weighted by molar-refractivity contribution is -0.149. The van der Waals surface area contributed by atoms with Gasteiger partial charge in [-0.15, -0.1) is 0 Å². The number of hydrogen-bond donors (Lipinski definition) is 1. The number of hydrogen-bond acceptors (Lipinski definition) is 4. The lowest BCUT2D eigenvalue weighted by Gasteiger charge is -2.28. The number of methoxy groups -OCH3 is 1. The predicted molar refractivity (Wildman–Crippen MR) is 95.7 cm³/mol. The van der Waals surface area contributed by atoms with E-state index in [9.17, 15) is 4.79 Å². The molecule has 2 aromatic rings. The molecular formula is C18H19Cl2NO3. The van der Waals surface area contributed by atoms with E-state index in [0.29, 0.717) is 22.3 Å². The van der Waals surface area contributed by atoms with Crippen molar-refractivity contribution in [3.05, 3.63) is 64.1 Å². The van der Waals surface area contributed by atoms with Crippen molar-refractivity contribution in [1.29, 1.82) is 0 Å². The maximum Gasteiger partial charge on any atom is 0.329 e. The fraction of sp³-hybridized carbons (Fsp3) is 0.278. The van der Waals surface area contributed by atoms with Crippen LogP contribution in [0.5, 0.6) is 5.75 Å². The van der Waals surface area contributed by atoms with Gasteiger partial charge >= 0.3 is 5.97 Å². The fourth-order valence-corrected chi connectivity index (χ4v) is 2.58. The van der Waals surface area contributed by atoms with Crippen LogP contribution in [0.1, 0.15) is 12.5 Å². The Morgan fingerprint density at radius 1 is 1.17 bits per heavy atom. The van der Waals surface area contributed by atoms with E-state index in [-0.39, 0.29) is 6.61 Å². The van der Waals surface area contributed by atoms with Crippen LogP contribution in [0, 0.1) is 0 Å². The van der Waals surface area contributed by atoms with Crippen molar-refractivity contribution in [2.24, 2.45) is 0 Å². The van der Waals surface area contributed by atoms with Crippen LogP contribution in [0.15, 0.2) is 48.5 Å². The summed E-state index contributed by atoms with van der Waals surface area (Å²) in [5, 5.41) is 4.26. The smallest absolute Gasteiger partial charge is 0.329 e. The maximum absolute atomic E-state index is 12.2. The summed E-state index contributed by atoms with van der Waals surface area (Å²) in [5.74, 6) is 0.266. The van der Waals surface area contributed by atoms with E-state index in [1.807, 2.05) is 36.4 Å². The van der Waals surface area contributed by atoms with E-state index in [1.165, 1.54) is 7.11 Å². The topological polar surface area (TPSA) is 47.6 Å². The summed E-state index contributed by atoms with van der Waals surface area (Å²) in [4.78, 5) is 12.2. The minimum atomic E-state index is -1.02. The van der Waals surface area contributed by atoms with Crippen LogP contribution >= 0.6 is 23.2 Å². The number of ether oxygens (including phenoxy) is 2. The van der Waals surface area contributed by atoms with E-state index < -0.39 is 11.5 Å². The van der Waals surface area contributed by atoms with Crippen molar-refractivity contribution in [3.63, 3.8) is 0 Å². The molecule has 0 fully saturated rings. The predicted octanol–water partition coefficient (Wildman–Crippen LogP) is 4.09. The Kier molecular flexibility index (Phi) is 6.49. The summed E-state index contributed by atoms with van der Waals surface area (Å²) >= 11 is 12.1. The second-order valence-electron chi connectivity index (χ2n) is 5.51.